The van der Waals surface area contributed by atoms with Gasteiger partial charge in [-0.2, -0.15) is 0 Å². The maximum atomic E-state index is 8.90. The molecule has 0 aromatic rings. The fourth-order valence-corrected chi connectivity index (χ4v) is 3.07. The molecule has 0 radical (unpaired) electrons. The van der Waals surface area contributed by atoms with Crippen LogP contribution in [0.15, 0.2) is 0 Å². The van der Waals surface area contributed by atoms with Crippen LogP contribution in [0, 0.1) is 17.8 Å². The molecule has 1 aliphatic heterocycles. The molecule has 0 aromatic heterocycles. The number of hydrogen-bond acceptors (Lipinski definition) is 2. The second kappa shape index (κ2) is 5.13. The topological polar surface area (TPSA) is 29.5 Å². The van der Waals surface area contributed by atoms with E-state index in [0.29, 0.717) is 6.61 Å². The molecule has 1 heterocycles. The van der Waals surface area contributed by atoms with E-state index in [1.807, 2.05) is 0 Å². The largest absolute Gasteiger partial charge is 0.396 e. The molecule has 1 aliphatic carbocycles. The second-order valence-corrected chi connectivity index (χ2v) is 4.87. The lowest BCUT2D eigenvalue weighted by Gasteiger charge is -2.37. The molecule has 1 saturated heterocycles. The molecule has 2 fully saturated rings. The third-order valence-corrected chi connectivity index (χ3v) is 3.97. The van der Waals surface area contributed by atoms with E-state index in [9.17, 15) is 0 Å². The van der Waals surface area contributed by atoms with Crippen LogP contribution in [0.25, 0.3) is 0 Å². The first-order valence-electron chi connectivity index (χ1n) is 6.10. The minimum absolute atomic E-state index is 0.358. The van der Waals surface area contributed by atoms with Crippen LogP contribution in [0.4, 0.5) is 0 Å². The molecule has 2 rings (SSSR count). The zero-order chi connectivity index (χ0) is 9.80. The highest BCUT2D eigenvalue weighted by atomic mass is 16.5. The van der Waals surface area contributed by atoms with Gasteiger partial charge < -0.3 is 9.84 Å². The zero-order valence-corrected chi connectivity index (χ0v) is 8.95. The molecule has 0 aromatic carbocycles. The quantitative estimate of drug-likeness (QED) is 0.734. The lowest BCUT2D eigenvalue weighted by atomic mass is 9.77. The molecular formula is C12H22O2. The van der Waals surface area contributed by atoms with E-state index in [0.717, 1.165) is 37.4 Å². The summed E-state index contributed by atoms with van der Waals surface area (Å²) in [7, 11) is 0. The fourth-order valence-electron chi connectivity index (χ4n) is 3.07. The van der Waals surface area contributed by atoms with Crippen molar-refractivity contribution >= 4 is 0 Å². The smallest absolute Gasteiger partial charge is 0.0519 e. The summed E-state index contributed by atoms with van der Waals surface area (Å²) in [5.41, 5.74) is 0. The summed E-state index contributed by atoms with van der Waals surface area (Å²) in [6.45, 7) is 2.32. The standard InChI is InChI=1S/C12H22O2/c13-7-3-6-12(11-8-14-9-11)10-4-1-2-5-10/h10-13H,1-9H2. The lowest BCUT2D eigenvalue weighted by Crippen LogP contribution is -2.37. The molecule has 1 saturated carbocycles. The molecule has 2 aliphatic rings. The average Bonchev–Trinajstić information content (AvgIpc) is 2.61. The monoisotopic (exact) mass is 198 g/mol. The fraction of sp³-hybridized carbons (Fsp3) is 1.00. The summed E-state index contributed by atoms with van der Waals surface area (Å²) < 4.78 is 5.29. The molecular weight excluding hydrogens is 176 g/mol. The lowest BCUT2D eigenvalue weighted by molar-refractivity contribution is -0.0756. The van der Waals surface area contributed by atoms with E-state index in [-0.39, 0.29) is 0 Å². The molecule has 0 amide bonds. The van der Waals surface area contributed by atoms with Gasteiger partial charge in [0.1, 0.15) is 0 Å². The van der Waals surface area contributed by atoms with Crippen LogP contribution in [-0.2, 0) is 4.74 Å². The van der Waals surface area contributed by atoms with E-state index >= 15 is 0 Å². The first-order chi connectivity index (χ1) is 6.92. The van der Waals surface area contributed by atoms with Gasteiger partial charge in [0.2, 0.25) is 0 Å². The molecule has 2 nitrogen and oxygen atoms in total. The van der Waals surface area contributed by atoms with Gasteiger partial charge in [-0.15, -0.1) is 0 Å². The minimum atomic E-state index is 0.358. The number of rotatable bonds is 5. The maximum absolute atomic E-state index is 8.90. The number of ether oxygens (including phenoxy) is 1. The van der Waals surface area contributed by atoms with Crippen molar-refractivity contribution in [3.63, 3.8) is 0 Å². The van der Waals surface area contributed by atoms with Gasteiger partial charge in [0.05, 0.1) is 13.2 Å². The zero-order valence-electron chi connectivity index (χ0n) is 8.95. The Morgan fingerprint density at radius 2 is 1.86 bits per heavy atom. The first kappa shape index (κ1) is 10.4. The van der Waals surface area contributed by atoms with Crippen molar-refractivity contribution in [3.05, 3.63) is 0 Å². The Labute approximate surface area is 86.6 Å². The Hall–Kier alpha value is -0.0800. The minimum Gasteiger partial charge on any atom is -0.396 e. The van der Waals surface area contributed by atoms with Crippen molar-refractivity contribution in [2.75, 3.05) is 19.8 Å². The van der Waals surface area contributed by atoms with Gasteiger partial charge in [0, 0.05) is 12.5 Å². The summed E-state index contributed by atoms with van der Waals surface area (Å²) in [4.78, 5) is 0. The highest BCUT2D eigenvalue weighted by Gasteiger charge is 2.34. The molecule has 0 spiro atoms. The number of hydrogen-bond donors (Lipinski definition) is 1. The predicted octanol–water partition coefficient (Wildman–Crippen LogP) is 2.21. The molecule has 2 heteroatoms. The van der Waals surface area contributed by atoms with Gasteiger partial charge in [-0.3, -0.25) is 0 Å². The molecule has 1 unspecified atom stereocenters. The van der Waals surface area contributed by atoms with Gasteiger partial charge in [-0.25, -0.2) is 0 Å². The molecule has 1 N–H and O–H groups in total. The normalized spacial score (nSPS) is 26.4. The molecule has 1 atom stereocenters. The van der Waals surface area contributed by atoms with Crippen molar-refractivity contribution in [1.82, 2.24) is 0 Å². The van der Waals surface area contributed by atoms with E-state index in [1.54, 1.807) is 0 Å². The van der Waals surface area contributed by atoms with E-state index in [4.69, 9.17) is 9.84 Å². The molecule has 0 bridgehead atoms. The van der Waals surface area contributed by atoms with Crippen LogP contribution in [0.5, 0.6) is 0 Å². The van der Waals surface area contributed by atoms with Crippen molar-refractivity contribution in [3.8, 4) is 0 Å². The van der Waals surface area contributed by atoms with Gasteiger partial charge >= 0.3 is 0 Å². The average molecular weight is 198 g/mol. The van der Waals surface area contributed by atoms with Crippen molar-refractivity contribution in [2.45, 2.75) is 38.5 Å². The Bertz CT molecular complexity index is 160. The van der Waals surface area contributed by atoms with E-state index in [2.05, 4.69) is 0 Å². The van der Waals surface area contributed by atoms with Gasteiger partial charge in [0.15, 0.2) is 0 Å². The summed E-state index contributed by atoms with van der Waals surface area (Å²) >= 11 is 0. The third-order valence-electron chi connectivity index (χ3n) is 3.97. The van der Waals surface area contributed by atoms with Gasteiger partial charge in [-0.05, 0) is 24.7 Å². The second-order valence-electron chi connectivity index (χ2n) is 4.87. The van der Waals surface area contributed by atoms with Crippen LogP contribution in [0.2, 0.25) is 0 Å². The molecule has 14 heavy (non-hydrogen) atoms. The summed E-state index contributed by atoms with van der Waals surface area (Å²) in [5, 5.41) is 8.90. The SMILES string of the molecule is OCCCC(C1CCCC1)C1COC1. The van der Waals surface area contributed by atoms with Crippen LogP contribution >= 0.6 is 0 Å². The number of aliphatic hydroxyl groups is 1. The number of aliphatic hydroxyl groups excluding tert-OH is 1. The van der Waals surface area contributed by atoms with Crippen LogP contribution < -0.4 is 0 Å². The van der Waals surface area contributed by atoms with Gasteiger partial charge in [-0.1, -0.05) is 25.7 Å². The predicted molar refractivity (Wildman–Crippen MR) is 56.1 cm³/mol. The molecule has 82 valence electrons. The summed E-state index contributed by atoms with van der Waals surface area (Å²) in [5.74, 6) is 2.60. The Balaban J connectivity index is 1.83. The highest BCUT2D eigenvalue weighted by molar-refractivity contribution is 4.83. The van der Waals surface area contributed by atoms with Crippen LogP contribution in [0.1, 0.15) is 38.5 Å². The summed E-state index contributed by atoms with van der Waals surface area (Å²) in [6.07, 6.45) is 7.90. The van der Waals surface area contributed by atoms with Crippen molar-refractivity contribution < 1.29 is 9.84 Å². The first-order valence-corrected chi connectivity index (χ1v) is 6.10. The Morgan fingerprint density at radius 3 is 2.36 bits per heavy atom. The Morgan fingerprint density at radius 1 is 1.14 bits per heavy atom. The van der Waals surface area contributed by atoms with E-state index in [1.165, 1.54) is 32.1 Å². The van der Waals surface area contributed by atoms with Crippen LogP contribution in [-0.4, -0.2) is 24.9 Å². The summed E-state index contributed by atoms with van der Waals surface area (Å²) in [6, 6.07) is 0. The van der Waals surface area contributed by atoms with Crippen LogP contribution in [0.3, 0.4) is 0 Å². The van der Waals surface area contributed by atoms with E-state index < -0.39 is 0 Å². The van der Waals surface area contributed by atoms with Crippen molar-refractivity contribution in [2.24, 2.45) is 17.8 Å². The maximum Gasteiger partial charge on any atom is 0.0519 e. The van der Waals surface area contributed by atoms with Gasteiger partial charge in [0.25, 0.3) is 0 Å². The Kier molecular flexibility index (Phi) is 3.82. The van der Waals surface area contributed by atoms with Crippen molar-refractivity contribution in [1.29, 1.82) is 0 Å². The highest BCUT2D eigenvalue weighted by Crippen LogP contribution is 2.40. The third kappa shape index (κ3) is 2.29.